The molecular weight excluding hydrogens is 562 g/mol. The molecule has 1 fully saturated rings. The van der Waals surface area contributed by atoms with Crippen LogP contribution in [-0.2, 0) is 9.59 Å². The van der Waals surface area contributed by atoms with Crippen LogP contribution >= 0.6 is 0 Å². The van der Waals surface area contributed by atoms with E-state index in [9.17, 15) is 24.0 Å². The summed E-state index contributed by atoms with van der Waals surface area (Å²) in [4.78, 5) is 64.0. The Bertz CT molecular complexity index is 1580. The number of carbonyl (C=O) groups is 5. The molecule has 0 radical (unpaired) electrons. The van der Waals surface area contributed by atoms with Gasteiger partial charge in [-0.1, -0.05) is 12.1 Å². The first kappa shape index (κ1) is 30.0. The number of nitrogens with one attached hydrogen (secondary N) is 3. The molecule has 3 aromatic carbocycles. The van der Waals surface area contributed by atoms with E-state index < -0.39 is 35.6 Å². The van der Waals surface area contributed by atoms with Crippen molar-refractivity contribution < 1.29 is 42.9 Å². The van der Waals surface area contributed by atoms with Gasteiger partial charge in [0.15, 0.2) is 17.4 Å². The van der Waals surface area contributed by atoms with Crippen molar-refractivity contribution in [1.29, 1.82) is 0 Å². The summed E-state index contributed by atoms with van der Waals surface area (Å²) in [5.74, 6) is -3.16. The minimum Gasteiger partial charge on any atom is -0.495 e. The van der Waals surface area contributed by atoms with Gasteiger partial charge in [0.2, 0.25) is 11.7 Å². The number of carbonyl (C=O) groups excluding carboxylic acids is 5. The molecule has 222 valence electrons. The first-order valence-electron chi connectivity index (χ1n) is 12.6. The van der Waals surface area contributed by atoms with Gasteiger partial charge < -0.3 is 24.3 Å². The summed E-state index contributed by atoms with van der Waals surface area (Å²) in [5, 5.41) is 8.55. The van der Waals surface area contributed by atoms with Crippen LogP contribution in [0.3, 0.4) is 0 Å². The third-order valence-electron chi connectivity index (χ3n) is 6.25. The topological polar surface area (TPSA) is 174 Å². The van der Waals surface area contributed by atoms with E-state index in [0.29, 0.717) is 22.9 Å². The number of imide groups is 2. The Morgan fingerprint density at radius 3 is 2.05 bits per heavy atom. The Morgan fingerprint density at radius 2 is 1.44 bits per heavy atom. The molecule has 1 aliphatic rings. The fraction of sp³-hybridized carbons (Fsp3) is 0.172. The Hall–Kier alpha value is -5.92. The van der Waals surface area contributed by atoms with Crippen molar-refractivity contribution in [2.45, 2.75) is 0 Å². The summed E-state index contributed by atoms with van der Waals surface area (Å²) in [6, 6.07) is 14.2. The maximum atomic E-state index is 13.0. The van der Waals surface area contributed by atoms with Gasteiger partial charge in [0.05, 0.1) is 34.1 Å². The third-order valence-corrected chi connectivity index (χ3v) is 6.25. The molecule has 43 heavy (non-hydrogen) atoms. The highest BCUT2D eigenvalue weighted by atomic mass is 16.5. The van der Waals surface area contributed by atoms with Crippen LogP contribution < -0.4 is 39.9 Å². The molecule has 0 aromatic heterocycles. The Morgan fingerprint density at radius 1 is 0.814 bits per heavy atom. The van der Waals surface area contributed by atoms with Crippen LogP contribution in [0.15, 0.2) is 65.8 Å². The molecule has 0 bridgehead atoms. The van der Waals surface area contributed by atoms with Gasteiger partial charge in [-0.3, -0.25) is 24.5 Å². The second-order valence-electron chi connectivity index (χ2n) is 8.78. The predicted octanol–water partition coefficient (Wildman–Crippen LogP) is 2.59. The molecule has 6 amide bonds. The first-order valence-corrected chi connectivity index (χ1v) is 12.6. The number of urea groups is 1. The van der Waals surface area contributed by atoms with E-state index in [-0.39, 0.29) is 22.6 Å². The van der Waals surface area contributed by atoms with E-state index in [1.165, 1.54) is 70.9 Å². The van der Waals surface area contributed by atoms with Crippen molar-refractivity contribution >= 4 is 47.2 Å². The quantitative estimate of drug-likeness (QED) is 0.182. The minimum atomic E-state index is -1.49. The summed E-state index contributed by atoms with van der Waals surface area (Å²) in [6.07, 6.45) is 0.927. The lowest BCUT2D eigenvalue weighted by Crippen LogP contribution is -2.58. The molecule has 3 N–H and O–H groups in total. The summed E-state index contributed by atoms with van der Waals surface area (Å²) in [7, 11) is 5.70. The van der Waals surface area contributed by atoms with E-state index in [1.807, 2.05) is 0 Å². The summed E-state index contributed by atoms with van der Waals surface area (Å²) < 4.78 is 21.0. The monoisotopic (exact) mass is 589 g/mol. The molecule has 14 nitrogen and oxygen atoms in total. The molecular formula is C29H27N5O9. The molecule has 0 aliphatic carbocycles. The van der Waals surface area contributed by atoms with Crippen LogP contribution in [0, 0.1) is 5.92 Å². The summed E-state index contributed by atoms with van der Waals surface area (Å²) >= 11 is 0. The number of ether oxygens (including phenoxy) is 4. The van der Waals surface area contributed by atoms with E-state index in [2.05, 4.69) is 21.2 Å². The molecule has 1 aliphatic heterocycles. The highest BCUT2D eigenvalue weighted by molar-refractivity contribution is 6.33. The van der Waals surface area contributed by atoms with Crippen molar-refractivity contribution in [3.8, 4) is 23.0 Å². The maximum Gasteiger partial charge on any atom is 0.335 e. The number of nitrogens with zero attached hydrogens (tertiary/aromatic N) is 2. The van der Waals surface area contributed by atoms with Crippen LogP contribution in [0.5, 0.6) is 23.0 Å². The van der Waals surface area contributed by atoms with E-state index >= 15 is 0 Å². The zero-order chi connectivity index (χ0) is 31.1. The van der Waals surface area contributed by atoms with Gasteiger partial charge in [0.1, 0.15) is 5.75 Å². The fourth-order valence-electron chi connectivity index (χ4n) is 4.12. The highest BCUT2D eigenvalue weighted by Gasteiger charge is 2.41. The lowest BCUT2D eigenvalue weighted by atomic mass is 10.1. The lowest BCUT2D eigenvalue weighted by Gasteiger charge is -2.29. The zero-order valence-corrected chi connectivity index (χ0v) is 23.5. The number of hydrazone groups is 1. The first-order chi connectivity index (χ1) is 20.7. The van der Waals surface area contributed by atoms with Crippen molar-refractivity contribution in [3.05, 3.63) is 71.8 Å². The highest BCUT2D eigenvalue weighted by Crippen LogP contribution is 2.38. The molecule has 3 aromatic rings. The van der Waals surface area contributed by atoms with E-state index in [0.717, 1.165) is 11.1 Å². The molecule has 1 saturated heterocycles. The fourth-order valence-corrected chi connectivity index (χ4v) is 4.12. The molecule has 0 unspecified atom stereocenters. The number of rotatable bonds is 10. The SMILES string of the molecule is COc1ccccc1N1C(=O)NC(=O)[C@@H](/C=N\NC(=O)c2ccc(NC(=O)c3cc(OC)c(OC)c(OC)c3)cc2)C1=O. The zero-order valence-electron chi connectivity index (χ0n) is 23.5. The van der Waals surface area contributed by atoms with Gasteiger partial charge in [-0.2, -0.15) is 5.10 Å². The minimum absolute atomic E-state index is 0.139. The van der Waals surface area contributed by atoms with Crippen molar-refractivity contribution in [1.82, 2.24) is 10.7 Å². The van der Waals surface area contributed by atoms with Gasteiger partial charge in [0.25, 0.3) is 17.7 Å². The van der Waals surface area contributed by atoms with Gasteiger partial charge in [-0.25, -0.2) is 15.1 Å². The van der Waals surface area contributed by atoms with Crippen molar-refractivity contribution in [3.63, 3.8) is 0 Å². The summed E-state index contributed by atoms with van der Waals surface area (Å²) in [5.41, 5.74) is 3.20. The van der Waals surface area contributed by atoms with Crippen LogP contribution in [0.2, 0.25) is 0 Å². The maximum absolute atomic E-state index is 13.0. The second kappa shape index (κ2) is 13.2. The molecule has 4 rings (SSSR count). The van der Waals surface area contributed by atoms with Crippen molar-refractivity contribution in [2.24, 2.45) is 11.0 Å². The number of para-hydroxylation sites is 2. The van der Waals surface area contributed by atoms with Crippen molar-refractivity contribution in [2.75, 3.05) is 38.7 Å². The van der Waals surface area contributed by atoms with Gasteiger partial charge in [0, 0.05) is 23.0 Å². The average molecular weight is 590 g/mol. The molecule has 14 heteroatoms. The average Bonchev–Trinajstić information content (AvgIpc) is 3.02. The number of anilines is 2. The Labute approximate surface area is 245 Å². The Kier molecular flexibility index (Phi) is 9.20. The number of hydrogen-bond donors (Lipinski definition) is 3. The smallest absolute Gasteiger partial charge is 0.335 e. The predicted molar refractivity (Wildman–Crippen MR) is 154 cm³/mol. The van der Waals surface area contributed by atoms with Gasteiger partial charge >= 0.3 is 6.03 Å². The molecule has 0 saturated carbocycles. The van der Waals surface area contributed by atoms with Gasteiger partial charge in [-0.05, 0) is 48.5 Å². The number of hydrogen-bond acceptors (Lipinski definition) is 10. The van der Waals surface area contributed by atoms with Crippen LogP contribution in [0.4, 0.5) is 16.2 Å². The summed E-state index contributed by atoms with van der Waals surface area (Å²) in [6.45, 7) is 0. The van der Waals surface area contributed by atoms with Crippen LogP contribution in [0.25, 0.3) is 0 Å². The van der Waals surface area contributed by atoms with Crippen LogP contribution in [0.1, 0.15) is 20.7 Å². The molecule has 0 spiro atoms. The number of benzene rings is 3. The van der Waals surface area contributed by atoms with E-state index in [4.69, 9.17) is 18.9 Å². The third kappa shape index (κ3) is 6.37. The second-order valence-corrected chi connectivity index (χ2v) is 8.78. The number of amides is 6. The van der Waals surface area contributed by atoms with Crippen LogP contribution in [-0.4, -0.2) is 64.3 Å². The Balaban J connectivity index is 1.41. The normalized spacial score (nSPS) is 14.7. The molecule has 1 heterocycles. The number of methoxy groups -OCH3 is 4. The van der Waals surface area contributed by atoms with Gasteiger partial charge in [-0.15, -0.1) is 0 Å². The lowest BCUT2D eigenvalue weighted by molar-refractivity contribution is -0.131. The standard InChI is InChI=1S/C29H27N5O9/c1-40-21-8-6-5-7-20(21)34-28(38)19(27(37)32-29(34)39)15-30-33-26(36)16-9-11-18(12-10-16)31-25(35)17-13-22(41-2)24(43-4)23(14-17)42-3/h5-15,19H,1-4H3,(H,31,35)(H,33,36)(H,32,37,39)/b30-15-/t19-/m1/s1. The largest absolute Gasteiger partial charge is 0.495 e. The number of barbiturate groups is 1. The molecule has 1 atom stereocenters. The van der Waals surface area contributed by atoms with E-state index in [1.54, 1.807) is 18.2 Å².